The molecule has 1 aliphatic heterocycles. The number of rotatable bonds is 6. The molecule has 19 heavy (non-hydrogen) atoms. The molecule has 0 amide bonds. The lowest BCUT2D eigenvalue weighted by Gasteiger charge is -2.19. The van der Waals surface area contributed by atoms with Crippen molar-refractivity contribution in [3.8, 4) is 11.5 Å². The van der Waals surface area contributed by atoms with Crippen LogP contribution >= 0.6 is 0 Å². The Morgan fingerprint density at radius 1 is 1.05 bits per heavy atom. The summed E-state index contributed by atoms with van der Waals surface area (Å²) in [7, 11) is 0. The van der Waals surface area contributed by atoms with E-state index >= 15 is 0 Å². The zero-order valence-corrected chi connectivity index (χ0v) is 11.7. The Hall–Kier alpha value is -1.26. The quantitative estimate of drug-likeness (QED) is 0.849. The monoisotopic (exact) mass is 264 g/mol. The summed E-state index contributed by atoms with van der Waals surface area (Å²) in [6.45, 7) is 8.93. The van der Waals surface area contributed by atoms with Crippen molar-refractivity contribution in [3.05, 3.63) is 24.3 Å². The van der Waals surface area contributed by atoms with Gasteiger partial charge in [-0.15, -0.1) is 0 Å². The van der Waals surface area contributed by atoms with Gasteiger partial charge in [0.1, 0.15) is 18.1 Å². The Kier molecular flexibility index (Phi) is 5.98. The van der Waals surface area contributed by atoms with Gasteiger partial charge >= 0.3 is 0 Å². The second-order valence-electron chi connectivity index (χ2n) is 4.70. The number of hydrogen-bond acceptors (Lipinski definition) is 4. The third kappa shape index (κ3) is 5.09. The first kappa shape index (κ1) is 14.2. The molecule has 0 aliphatic carbocycles. The highest BCUT2D eigenvalue weighted by atomic mass is 16.5. The lowest BCUT2D eigenvalue weighted by Crippen LogP contribution is -2.31. The van der Waals surface area contributed by atoms with Crippen molar-refractivity contribution < 1.29 is 9.47 Å². The normalized spacial score (nSPS) is 16.9. The van der Waals surface area contributed by atoms with Crippen LogP contribution in [0.15, 0.2) is 24.3 Å². The predicted molar refractivity (Wildman–Crippen MR) is 77.0 cm³/mol. The van der Waals surface area contributed by atoms with Gasteiger partial charge in [-0.2, -0.15) is 0 Å². The summed E-state index contributed by atoms with van der Waals surface area (Å²) < 4.78 is 11.2. The van der Waals surface area contributed by atoms with Gasteiger partial charge < -0.3 is 14.8 Å². The van der Waals surface area contributed by atoms with E-state index in [1.54, 1.807) is 0 Å². The number of nitrogens with one attached hydrogen (secondary N) is 1. The molecule has 1 fully saturated rings. The maximum Gasteiger partial charge on any atom is 0.119 e. The van der Waals surface area contributed by atoms with Crippen LogP contribution in [0, 0.1) is 0 Å². The molecule has 0 unspecified atom stereocenters. The minimum absolute atomic E-state index is 0.698. The number of ether oxygens (including phenoxy) is 2. The maximum absolute atomic E-state index is 5.77. The van der Waals surface area contributed by atoms with Crippen LogP contribution in [0.25, 0.3) is 0 Å². The van der Waals surface area contributed by atoms with Gasteiger partial charge in [0.25, 0.3) is 0 Å². The SMILES string of the molecule is CCOc1ccc(OCCN2CCCNCC2)cc1. The van der Waals surface area contributed by atoms with Gasteiger partial charge in [-0.05, 0) is 50.7 Å². The van der Waals surface area contributed by atoms with Gasteiger partial charge in [-0.25, -0.2) is 0 Å². The molecule has 4 nitrogen and oxygen atoms in total. The minimum atomic E-state index is 0.698. The zero-order chi connectivity index (χ0) is 13.3. The van der Waals surface area contributed by atoms with Gasteiger partial charge in [-0.3, -0.25) is 4.90 Å². The molecule has 0 atom stereocenters. The van der Waals surface area contributed by atoms with E-state index in [1.165, 1.54) is 13.0 Å². The van der Waals surface area contributed by atoms with Crippen molar-refractivity contribution in [1.29, 1.82) is 0 Å². The zero-order valence-electron chi connectivity index (χ0n) is 11.7. The van der Waals surface area contributed by atoms with E-state index in [0.29, 0.717) is 6.61 Å². The Balaban J connectivity index is 1.69. The number of hydrogen-bond donors (Lipinski definition) is 1. The van der Waals surface area contributed by atoms with E-state index in [-0.39, 0.29) is 0 Å². The lowest BCUT2D eigenvalue weighted by molar-refractivity contribution is 0.217. The van der Waals surface area contributed by atoms with Crippen molar-refractivity contribution in [2.24, 2.45) is 0 Å². The molecule has 1 aromatic carbocycles. The van der Waals surface area contributed by atoms with E-state index in [4.69, 9.17) is 9.47 Å². The molecule has 2 rings (SSSR count). The van der Waals surface area contributed by atoms with Crippen LogP contribution in [0.3, 0.4) is 0 Å². The summed E-state index contributed by atoms with van der Waals surface area (Å²) >= 11 is 0. The molecule has 4 heteroatoms. The fourth-order valence-electron chi connectivity index (χ4n) is 2.22. The summed E-state index contributed by atoms with van der Waals surface area (Å²) in [5.41, 5.74) is 0. The molecule has 0 spiro atoms. The second kappa shape index (κ2) is 8.02. The maximum atomic E-state index is 5.77. The van der Waals surface area contributed by atoms with Crippen molar-refractivity contribution >= 4 is 0 Å². The average molecular weight is 264 g/mol. The number of nitrogens with zero attached hydrogens (tertiary/aromatic N) is 1. The van der Waals surface area contributed by atoms with Gasteiger partial charge in [0, 0.05) is 19.6 Å². The van der Waals surface area contributed by atoms with Crippen LogP contribution in [0.2, 0.25) is 0 Å². The first-order chi connectivity index (χ1) is 9.38. The summed E-state index contributed by atoms with van der Waals surface area (Å²) in [4.78, 5) is 2.45. The van der Waals surface area contributed by atoms with E-state index in [9.17, 15) is 0 Å². The first-order valence-electron chi connectivity index (χ1n) is 7.17. The number of benzene rings is 1. The van der Waals surface area contributed by atoms with Crippen molar-refractivity contribution in [2.75, 3.05) is 45.9 Å². The average Bonchev–Trinajstić information content (AvgIpc) is 2.70. The Morgan fingerprint density at radius 2 is 1.79 bits per heavy atom. The van der Waals surface area contributed by atoms with Crippen molar-refractivity contribution in [3.63, 3.8) is 0 Å². The Bertz CT molecular complexity index is 346. The highest BCUT2D eigenvalue weighted by Gasteiger charge is 2.07. The smallest absolute Gasteiger partial charge is 0.119 e. The minimum Gasteiger partial charge on any atom is -0.494 e. The van der Waals surface area contributed by atoms with Crippen LogP contribution in [-0.4, -0.2) is 50.8 Å². The summed E-state index contributed by atoms with van der Waals surface area (Å²) in [5.74, 6) is 1.81. The predicted octanol–water partition coefficient (Wildman–Crippen LogP) is 1.76. The Labute approximate surface area is 115 Å². The van der Waals surface area contributed by atoms with Gasteiger partial charge in [0.15, 0.2) is 0 Å². The van der Waals surface area contributed by atoms with Crippen molar-refractivity contribution in [2.45, 2.75) is 13.3 Å². The largest absolute Gasteiger partial charge is 0.494 e. The van der Waals surface area contributed by atoms with Crippen LogP contribution < -0.4 is 14.8 Å². The van der Waals surface area contributed by atoms with Gasteiger partial charge in [0.2, 0.25) is 0 Å². The third-order valence-electron chi connectivity index (χ3n) is 3.24. The topological polar surface area (TPSA) is 33.7 Å². The molecule has 1 heterocycles. The van der Waals surface area contributed by atoms with Crippen LogP contribution in [-0.2, 0) is 0 Å². The molecule has 0 bridgehead atoms. The van der Waals surface area contributed by atoms with Crippen LogP contribution in [0.5, 0.6) is 11.5 Å². The summed E-state index contributed by atoms with van der Waals surface area (Å²) in [5, 5.41) is 3.41. The standard InChI is InChI=1S/C15H24N2O2/c1-2-18-14-4-6-15(7-5-14)19-13-12-17-10-3-8-16-9-11-17/h4-7,16H,2-3,8-13H2,1H3. The fourth-order valence-corrected chi connectivity index (χ4v) is 2.22. The molecule has 1 N–H and O–H groups in total. The van der Waals surface area contributed by atoms with E-state index in [1.807, 2.05) is 31.2 Å². The van der Waals surface area contributed by atoms with Crippen LogP contribution in [0.1, 0.15) is 13.3 Å². The highest BCUT2D eigenvalue weighted by Crippen LogP contribution is 2.17. The van der Waals surface area contributed by atoms with Crippen molar-refractivity contribution in [1.82, 2.24) is 10.2 Å². The molecular formula is C15H24N2O2. The van der Waals surface area contributed by atoms with Gasteiger partial charge in [0.05, 0.1) is 6.61 Å². The highest BCUT2D eigenvalue weighted by molar-refractivity contribution is 5.31. The molecule has 0 radical (unpaired) electrons. The van der Waals surface area contributed by atoms with E-state index in [2.05, 4.69) is 10.2 Å². The third-order valence-corrected chi connectivity index (χ3v) is 3.24. The molecule has 1 aromatic rings. The first-order valence-corrected chi connectivity index (χ1v) is 7.17. The van der Waals surface area contributed by atoms with E-state index in [0.717, 1.165) is 44.3 Å². The summed E-state index contributed by atoms with van der Waals surface area (Å²) in [6.07, 6.45) is 1.23. The molecular weight excluding hydrogens is 240 g/mol. The Morgan fingerprint density at radius 3 is 2.53 bits per heavy atom. The van der Waals surface area contributed by atoms with E-state index < -0.39 is 0 Å². The second-order valence-corrected chi connectivity index (χ2v) is 4.70. The molecule has 0 saturated carbocycles. The summed E-state index contributed by atoms with van der Waals surface area (Å²) in [6, 6.07) is 7.84. The molecule has 0 aromatic heterocycles. The van der Waals surface area contributed by atoms with Crippen LogP contribution in [0.4, 0.5) is 0 Å². The molecule has 1 saturated heterocycles. The van der Waals surface area contributed by atoms with Gasteiger partial charge in [-0.1, -0.05) is 0 Å². The molecule has 106 valence electrons. The molecule has 1 aliphatic rings. The lowest BCUT2D eigenvalue weighted by atomic mass is 10.3. The fraction of sp³-hybridized carbons (Fsp3) is 0.600.